The van der Waals surface area contributed by atoms with Crippen molar-refractivity contribution in [3.05, 3.63) is 72.7 Å². The first kappa shape index (κ1) is 21.3. The fourth-order valence-corrected chi connectivity index (χ4v) is 3.89. The molecular formula is C23H25N5O2S. The summed E-state index contributed by atoms with van der Waals surface area (Å²) >= 11 is 1.35. The molecule has 1 aromatic carbocycles. The van der Waals surface area contributed by atoms with Gasteiger partial charge < -0.3 is 14.5 Å². The zero-order valence-electron chi connectivity index (χ0n) is 17.5. The van der Waals surface area contributed by atoms with E-state index in [-0.39, 0.29) is 5.91 Å². The lowest BCUT2D eigenvalue weighted by atomic mass is 10.1. The molecule has 7 nitrogen and oxygen atoms in total. The molecule has 0 radical (unpaired) electrons. The molecule has 0 saturated carbocycles. The number of aromatic nitrogens is 2. The minimum absolute atomic E-state index is 0.251. The summed E-state index contributed by atoms with van der Waals surface area (Å²) in [6.07, 6.45) is 7.09. The van der Waals surface area contributed by atoms with E-state index in [0.29, 0.717) is 16.4 Å². The molecule has 0 aliphatic carbocycles. The zero-order valence-corrected chi connectivity index (χ0v) is 18.3. The third kappa shape index (κ3) is 5.04. The molecular weight excluding hydrogens is 410 g/mol. The van der Waals surface area contributed by atoms with E-state index < -0.39 is 0 Å². The average molecular weight is 436 g/mol. The standard InChI is InChI=1S/C23H25N5O2S/c1-3-24-23(31-2)26-22(29)19-5-4-10-28-16-20(25-21(19)28)18-8-6-17(7-9-18)15-27-11-13-30-14-12-27/h3-10,16H,1,11-15H2,2H3,(H,24,26,29). The Bertz CT molecular complexity index is 1100. The number of carbonyl (C=O) groups excluding carboxylic acids is 1. The van der Waals surface area contributed by atoms with Crippen LogP contribution >= 0.6 is 11.8 Å². The van der Waals surface area contributed by atoms with Crippen LogP contribution in [0.3, 0.4) is 0 Å². The highest BCUT2D eigenvalue weighted by atomic mass is 32.2. The van der Waals surface area contributed by atoms with Crippen molar-refractivity contribution in [3.63, 3.8) is 0 Å². The van der Waals surface area contributed by atoms with Gasteiger partial charge in [-0.05, 0) is 24.0 Å². The van der Waals surface area contributed by atoms with Crippen molar-refractivity contribution in [1.29, 1.82) is 0 Å². The molecule has 3 aromatic rings. The number of thioether (sulfide) groups is 1. The highest BCUT2D eigenvalue weighted by molar-refractivity contribution is 8.13. The molecule has 1 aliphatic heterocycles. The monoisotopic (exact) mass is 435 g/mol. The van der Waals surface area contributed by atoms with Crippen LogP contribution in [0, 0.1) is 0 Å². The Morgan fingerprint density at radius 3 is 2.77 bits per heavy atom. The van der Waals surface area contributed by atoms with Crippen molar-refractivity contribution in [2.24, 2.45) is 4.99 Å². The predicted molar refractivity (Wildman–Crippen MR) is 125 cm³/mol. The van der Waals surface area contributed by atoms with Crippen LogP contribution in [0.5, 0.6) is 0 Å². The van der Waals surface area contributed by atoms with Gasteiger partial charge in [0.15, 0.2) is 5.17 Å². The van der Waals surface area contributed by atoms with Crippen LogP contribution in [0.4, 0.5) is 0 Å². The number of amidine groups is 1. The topological polar surface area (TPSA) is 71.2 Å². The van der Waals surface area contributed by atoms with Gasteiger partial charge in [0.2, 0.25) is 0 Å². The van der Waals surface area contributed by atoms with Crippen LogP contribution in [-0.4, -0.2) is 57.9 Å². The largest absolute Gasteiger partial charge is 0.379 e. The van der Waals surface area contributed by atoms with Gasteiger partial charge in [0.1, 0.15) is 5.65 Å². The quantitative estimate of drug-likeness (QED) is 0.491. The van der Waals surface area contributed by atoms with Crippen LogP contribution in [0.2, 0.25) is 0 Å². The Balaban J connectivity index is 1.55. The lowest BCUT2D eigenvalue weighted by Crippen LogP contribution is -2.35. The minimum atomic E-state index is -0.251. The Hall–Kier alpha value is -2.94. The lowest BCUT2D eigenvalue weighted by molar-refractivity contribution is 0.0342. The number of benzene rings is 1. The number of amides is 1. The van der Waals surface area contributed by atoms with E-state index in [1.54, 1.807) is 6.07 Å². The van der Waals surface area contributed by atoms with E-state index in [1.807, 2.05) is 29.1 Å². The van der Waals surface area contributed by atoms with Crippen LogP contribution < -0.4 is 5.32 Å². The Labute approximate surface area is 185 Å². The van der Waals surface area contributed by atoms with Gasteiger partial charge in [0.25, 0.3) is 5.91 Å². The number of imidazole rings is 1. The number of aliphatic imine (C=N–C) groups is 1. The third-order valence-corrected chi connectivity index (χ3v) is 5.70. The summed E-state index contributed by atoms with van der Waals surface area (Å²) in [7, 11) is 0. The number of hydrogen-bond donors (Lipinski definition) is 1. The number of carbonyl (C=O) groups is 1. The maximum atomic E-state index is 12.8. The molecule has 0 unspecified atom stereocenters. The number of hydrogen-bond acceptors (Lipinski definition) is 6. The van der Waals surface area contributed by atoms with Crippen molar-refractivity contribution in [2.45, 2.75) is 6.54 Å². The normalized spacial score (nSPS) is 15.2. The van der Waals surface area contributed by atoms with Crippen molar-refractivity contribution in [2.75, 3.05) is 32.6 Å². The van der Waals surface area contributed by atoms with Crippen molar-refractivity contribution in [3.8, 4) is 11.3 Å². The summed E-state index contributed by atoms with van der Waals surface area (Å²) < 4.78 is 7.29. The van der Waals surface area contributed by atoms with Gasteiger partial charge in [-0.15, -0.1) is 0 Å². The number of fused-ring (bicyclic) bond motifs is 1. The fraction of sp³-hybridized carbons (Fsp3) is 0.261. The second-order valence-electron chi connectivity index (χ2n) is 7.14. The Kier molecular flexibility index (Phi) is 6.81. The van der Waals surface area contributed by atoms with Gasteiger partial charge >= 0.3 is 0 Å². The summed E-state index contributed by atoms with van der Waals surface area (Å²) in [5.74, 6) is -0.251. The molecule has 0 spiro atoms. The zero-order chi connectivity index (χ0) is 21.6. The van der Waals surface area contributed by atoms with Crippen molar-refractivity contribution >= 4 is 28.5 Å². The maximum absolute atomic E-state index is 12.8. The first-order valence-electron chi connectivity index (χ1n) is 10.1. The summed E-state index contributed by atoms with van der Waals surface area (Å²) in [4.78, 5) is 24.0. The lowest BCUT2D eigenvalue weighted by Gasteiger charge is -2.26. The predicted octanol–water partition coefficient (Wildman–Crippen LogP) is 3.43. The summed E-state index contributed by atoms with van der Waals surface area (Å²) in [5, 5.41) is 3.30. The van der Waals surface area contributed by atoms with Crippen molar-refractivity contribution < 1.29 is 9.53 Å². The molecule has 31 heavy (non-hydrogen) atoms. The molecule has 8 heteroatoms. The molecule has 160 valence electrons. The smallest absolute Gasteiger partial charge is 0.261 e. The molecule has 1 N–H and O–H groups in total. The first-order chi connectivity index (χ1) is 15.2. The van der Waals surface area contributed by atoms with E-state index in [0.717, 1.165) is 44.1 Å². The SMILES string of the molecule is C=CN=C(NC(=O)c1cccn2cc(-c3ccc(CN4CCOCC4)cc3)nc12)SC. The van der Waals surface area contributed by atoms with Gasteiger partial charge in [-0.25, -0.2) is 9.98 Å². The molecule has 2 aromatic heterocycles. The minimum Gasteiger partial charge on any atom is -0.379 e. The first-order valence-corrected chi connectivity index (χ1v) is 11.3. The number of pyridine rings is 1. The number of rotatable bonds is 5. The van der Waals surface area contributed by atoms with E-state index in [9.17, 15) is 4.79 Å². The number of nitrogens with one attached hydrogen (secondary N) is 1. The van der Waals surface area contributed by atoms with Gasteiger partial charge in [-0.2, -0.15) is 0 Å². The molecule has 1 fully saturated rings. The number of morpholine rings is 1. The maximum Gasteiger partial charge on any atom is 0.261 e. The second-order valence-corrected chi connectivity index (χ2v) is 7.93. The average Bonchev–Trinajstić information content (AvgIpc) is 3.24. The van der Waals surface area contributed by atoms with Gasteiger partial charge in [-0.1, -0.05) is 42.6 Å². The van der Waals surface area contributed by atoms with Crippen LogP contribution in [0.1, 0.15) is 15.9 Å². The molecule has 0 atom stereocenters. The number of ether oxygens (including phenoxy) is 1. The highest BCUT2D eigenvalue weighted by Gasteiger charge is 2.16. The van der Waals surface area contributed by atoms with E-state index >= 15 is 0 Å². The second kappa shape index (κ2) is 9.91. The Morgan fingerprint density at radius 1 is 1.29 bits per heavy atom. The van der Waals surface area contributed by atoms with E-state index in [4.69, 9.17) is 9.72 Å². The van der Waals surface area contributed by atoms with Crippen molar-refractivity contribution in [1.82, 2.24) is 19.6 Å². The number of nitrogens with zero attached hydrogens (tertiary/aromatic N) is 4. The fourth-order valence-electron chi connectivity index (χ4n) is 3.51. The van der Waals surface area contributed by atoms with Gasteiger partial charge in [-0.3, -0.25) is 9.69 Å². The Morgan fingerprint density at radius 2 is 2.06 bits per heavy atom. The van der Waals surface area contributed by atoms with E-state index in [2.05, 4.69) is 46.1 Å². The molecule has 3 heterocycles. The van der Waals surface area contributed by atoms with Gasteiger partial charge in [0, 0.05) is 43.8 Å². The molecule has 0 bridgehead atoms. The summed E-state index contributed by atoms with van der Waals surface area (Å²) in [6, 6.07) is 12.0. The van der Waals surface area contributed by atoms with Crippen LogP contribution in [0.25, 0.3) is 16.9 Å². The van der Waals surface area contributed by atoms with Crippen LogP contribution in [0.15, 0.2) is 66.6 Å². The summed E-state index contributed by atoms with van der Waals surface area (Å²) in [5.41, 5.74) is 4.19. The molecule has 1 aliphatic rings. The molecule has 1 saturated heterocycles. The molecule has 4 rings (SSSR count). The summed E-state index contributed by atoms with van der Waals surface area (Å²) in [6.45, 7) is 8.03. The van der Waals surface area contributed by atoms with Crippen LogP contribution in [-0.2, 0) is 11.3 Å². The van der Waals surface area contributed by atoms with Gasteiger partial charge in [0.05, 0.1) is 24.5 Å². The highest BCUT2D eigenvalue weighted by Crippen LogP contribution is 2.22. The third-order valence-electron chi connectivity index (χ3n) is 5.11. The molecule has 1 amide bonds. The van der Waals surface area contributed by atoms with E-state index in [1.165, 1.54) is 23.5 Å².